The molecule has 0 aliphatic rings. The van der Waals surface area contributed by atoms with Crippen molar-refractivity contribution in [1.29, 1.82) is 0 Å². The first-order valence-corrected chi connectivity index (χ1v) is 14.2. The van der Waals surface area contributed by atoms with E-state index in [9.17, 15) is 14.4 Å². The van der Waals surface area contributed by atoms with E-state index in [1.54, 1.807) is 12.6 Å². The number of hydrogen-bond acceptors (Lipinski definition) is 5. The minimum Gasteiger partial charge on any atom is -0.497 e. The number of rotatable bonds is 15. The maximum absolute atomic E-state index is 13.5. The van der Waals surface area contributed by atoms with Gasteiger partial charge in [-0.3, -0.25) is 19.6 Å². The molecule has 42 heavy (non-hydrogen) atoms. The highest BCUT2D eigenvalue weighted by Gasteiger charge is 2.28. The molecule has 220 valence electrons. The first-order valence-electron chi connectivity index (χ1n) is 14.2. The summed E-state index contributed by atoms with van der Waals surface area (Å²) < 4.78 is 5.21. The summed E-state index contributed by atoms with van der Waals surface area (Å²) in [5.74, 6) is -1.32. The Kier molecular flexibility index (Phi) is 11.1. The van der Waals surface area contributed by atoms with Crippen LogP contribution in [0.5, 0.6) is 5.75 Å². The molecule has 0 aliphatic carbocycles. The van der Waals surface area contributed by atoms with E-state index in [1.807, 2.05) is 85.1 Å². The average Bonchev–Trinajstić information content (AvgIpc) is 3.43. The highest BCUT2D eigenvalue weighted by Crippen LogP contribution is 2.21. The summed E-state index contributed by atoms with van der Waals surface area (Å²) in [7, 11) is 1.61. The fourth-order valence-electron chi connectivity index (χ4n) is 5.06. The zero-order valence-corrected chi connectivity index (χ0v) is 23.8. The van der Waals surface area contributed by atoms with Gasteiger partial charge in [-0.05, 0) is 60.6 Å². The number of hydrogen-bond donors (Lipinski definition) is 5. The number of H-pyrrole nitrogens is 1. The van der Waals surface area contributed by atoms with Crippen molar-refractivity contribution in [3.63, 3.8) is 0 Å². The van der Waals surface area contributed by atoms with Gasteiger partial charge in [0.2, 0.25) is 17.7 Å². The zero-order chi connectivity index (χ0) is 29.7. The van der Waals surface area contributed by atoms with Crippen LogP contribution in [0.1, 0.15) is 36.0 Å². The van der Waals surface area contributed by atoms with Crippen LogP contribution in [0.2, 0.25) is 0 Å². The van der Waals surface area contributed by atoms with Crippen LogP contribution in [0.3, 0.4) is 0 Å². The van der Waals surface area contributed by atoms with E-state index >= 15 is 0 Å². The largest absolute Gasteiger partial charge is 0.497 e. The molecule has 2 atom stereocenters. The normalized spacial score (nSPS) is 12.3. The molecule has 1 aromatic heterocycles. The number of methoxy groups -OCH3 is 1. The Morgan fingerprint density at radius 3 is 2.33 bits per heavy atom. The predicted octanol–water partition coefficient (Wildman–Crippen LogP) is 4.10. The molecule has 9 nitrogen and oxygen atoms in total. The van der Waals surface area contributed by atoms with Crippen molar-refractivity contribution < 1.29 is 24.3 Å². The second kappa shape index (κ2) is 15.4. The Labute approximate surface area is 245 Å². The fraction of sp³-hybridized carbons (Fsp3) is 0.303. The van der Waals surface area contributed by atoms with Gasteiger partial charge in [0.1, 0.15) is 11.8 Å². The monoisotopic (exact) mass is 570 g/mol. The van der Waals surface area contributed by atoms with E-state index in [0.717, 1.165) is 33.3 Å². The van der Waals surface area contributed by atoms with Gasteiger partial charge >= 0.3 is 0 Å². The van der Waals surface area contributed by atoms with E-state index in [2.05, 4.69) is 15.6 Å². The van der Waals surface area contributed by atoms with Gasteiger partial charge in [0.05, 0.1) is 7.11 Å². The van der Waals surface area contributed by atoms with Crippen molar-refractivity contribution >= 4 is 28.6 Å². The summed E-state index contributed by atoms with van der Waals surface area (Å²) in [6.45, 7) is 0.418. The molecule has 0 radical (unpaired) electrons. The molecule has 0 fully saturated rings. The van der Waals surface area contributed by atoms with Crippen LogP contribution in [0, 0.1) is 5.92 Å². The first-order chi connectivity index (χ1) is 20.5. The smallest absolute Gasteiger partial charge is 0.244 e. The molecule has 1 heterocycles. The quantitative estimate of drug-likeness (QED) is 0.108. The van der Waals surface area contributed by atoms with Gasteiger partial charge in [0.25, 0.3) is 0 Å². The second-order valence-corrected chi connectivity index (χ2v) is 10.3. The van der Waals surface area contributed by atoms with Gasteiger partial charge in [-0.15, -0.1) is 0 Å². The average molecular weight is 571 g/mol. The SMILES string of the molecule is COc1ccc(CCC[C@@H](CC(=O)NO)C(=O)N[C@H](Cc2c[nH]c3ccccc23)C(=O)NCCc2ccccc2)cc1. The third-order valence-electron chi connectivity index (χ3n) is 7.39. The number of para-hydroxylation sites is 1. The van der Waals surface area contributed by atoms with E-state index in [4.69, 9.17) is 9.94 Å². The molecule has 9 heteroatoms. The number of benzene rings is 3. The fourth-order valence-corrected chi connectivity index (χ4v) is 5.06. The molecule has 0 bridgehead atoms. The van der Waals surface area contributed by atoms with Crippen LogP contribution >= 0.6 is 0 Å². The molecule has 0 unspecified atom stereocenters. The highest BCUT2D eigenvalue weighted by atomic mass is 16.5. The summed E-state index contributed by atoms with van der Waals surface area (Å²) in [4.78, 5) is 42.3. The molecule has 3 aromatic carbocycles. The second-order valence-electron chi connectivity index (χ2n) is 10.3. The lowest BCUT2D eigenvalue weighted by atomic mass is 9.94. The van der Waals surface area contributed by atoms with E-state index in [0.29, 0.717) is 32.2 Å². The van der Waals surface area contributed by atoms with Crippen LogP contribution in [0.4, 0.5) is 0 Å². The van der Waals surface area contributed by atoms with Crippen LogP contribution in [0.25, 0.3) is 10.9 Å². The minimum atomic E-state index is -0.853. The predicted molar refractivity (Wildman–Crippen MR) is 161 cm³/mol. The highest BCUT2D eigenvalue weighted by molar-refractivity contribution is 5.91. The topological polar surface area (TPSA) is 133 Å². The lowest BCUT2D eigenvalue weighted by Crippen LogP contribution is -2.50. The lowest BCUT2D eigenvalue weighted by Gasteiger charge is -2.22. The molecule has 5 N–H and O–H groups in total. The van der Waals surface area contributed by atoms with E-state index in [-0.39, 0.29) is 18.7 Å². The Balaban J connectivity index is 1.45. The van der Waals surface area contributed by atoms with Crippen molar-refractivity contribution in [3.05, 3.63) is 102 Å². The third-order valence-corrected chi connectivity index (χ3v) is 7.39. The molecule has 4 aromatic rings. The van der Waals surface area contributed by atoms with Gasteiger partial charge < -0.3 is 20.4 Å². The van der Waals surface area contributed by atoms with Crippen LogP contribution in [0.15, 0.2) is 85.1 Å². The number of aryl methyl sites for hydroxylation is 1. The summed E-state index contributed by atoms with van der Waals surface area (Å²) >= 11 is 0. The number of carbonyl (C=O) groups excluding carboxylic acids is 3. The minimum absolute atomic E-state index is 0.194. The van der Waals surface area contributed by atoms with Crippen LogP contribution in [-0.4, -0.2) is 47.6 Å². The Bertz CT molecular complexity index is 1450. The van der Waals surface area contributed by atoms with Crippen molar-refractivity contribution in [1.82, 2.24) is 21.1 Å². The van der Waals surface area contributed by atoms with Gasteiger partial charge in [0.15, 0.2) is 0 Å². The summed E-state index contributed by atoms with van der Waals surface area (Å²) in [5, 5.41) is 16.0. The number of fused-ring (bicyclic) bond motifs is 1. The summed E-state index contributed by atoms with van der Waals surface area (Å²) in [5.41, 5.74) is 5.65. The van der Waals surface area contributed by atoms with Gasteiger partial charge in [-0.2, -0.15) is 0 Å². The van der Waals surface area contributed by atoms with Crippen molar-refractivity contribution in [2.45, 2.75) is 44.6 Å². The number of nitrogens with one attached hydrogen (secondary N) is 4. The van der Waals surface area contributed by atoms with Crippen molar-refractivity contribution in [2.75, 3.05) is 13.7 Å². The maximum Gasteiger partial charge on any atom is 0.244 e. The molecule has 0 spiro atoms. The zero-order valence-electron chi connectivity index (χ0n) is 23.8. The van der Waals surface area contributed by atoms with Crippen LogP contribution < -0.4 is 20.9 Å². The molecule has 0 saturated heterocycles. The molecule has 4 rings (SSSR count). The van der Waals surface area contributed by atoms with Crippen molar-refractivity contribution in [3.8, 4) is 5.75 Å². The summed E-state index contributed by atoms with van der Waals surface area (Å²) in [6.07, 6.45) is 4.34. The van der Waals surface area contributed by atoms with Crippen molar-refractivity contribution in [2.24, 2.45) is 5.92 Å². The lowest BCUT2D eigenvalue weighted by molar-refractivity contribution is -0.136. The number of aromatic nitrogens is 1. The Hall–Kier alpha value is -4.63. The standard InChI is InChI=1S/C33H38N4O5/c1-42-27-16-14-24(15-17-27)10-7-11-25(21-31(38)37-41)32(39)36-30(20-26-22-35-29-13-6-5-12-28(26)29)33(40)34-19-18-23-8-3-2-4-9-23/h2-6,8-9,12-17,22,25,30,35,41H,7,10-11,18-21H2,1H3,(H,34,40)(H,36,39)(H,37,38)/t25-,30+/m0/s1. The Morgan fingerprint density at radius 2 is 1.60 bits per heavy atom. The van der Waals surface area contributed by atoms with E-state index in [1.165, 1.54) is 0 Å². The number of amides is 3. The molecular weight excluding hydrogens is 532 g/mol. The van der Waals surface area contributed by atoms with Crippen LogP contribution in [-0.2, 0) is 33.6 Å². The van der Waals surface area contributed by atoms with Gasteiger partial charge in [0, 0.05) is 42.4 Å². The number of ether oxygens (including phenoxy) is 1. The maximum atomic E-state index is 13.5. The number of hydroxylamine groups is 1. The van der Waals surface area contributed by atoms with Gasteiger partial charge in [-0.1, -0.05) is 60.7 Å². The number of carbonyl (C=O) groups is 3. The summed E-state index contributed by atoms with van der Waals surface area (Å²) in [6, 6.07) is 24.5. The third kappa shape index (κ3) is 8.68. The first kappa shape index (κ1) is 30.3. The molecular formula is C33H38N4O5. The number of aromatic amines is 1. The molecule has 3 amide bonds. The van der Waals surface area contributed by atoms with E-state index < -0.39 is 23.8 Å². The Morgan fingerprint density at radius 1 is 0.881 bits per heavy atom. The van der Waals surface area contributed by atoms with Gasteiger partial charge in [-0.25, -0.2) is 5.48 Å². The molecule has 0 saturated carbocycles. The molecule has 0 aliphatic heterocycles.